The van der Waals surface area contributed by atoms with Gasteiger partial charge in [0.05, 0.1) is 13.2 Å². The fourth-order valence-electron chi connectivity index (χ4n) is 8.62. The van der Waals surface area contributed by atoms with Gasteiger partial charge in [0, 0.05) is 12.3 Å². The average Bonchev–Trinajstić information content (AvgIpc) is 3.08. The van der Waals surface area contributed by atoms with E-state index in [0.29, 0.717) is 36.5 Å². The van der Waals surface area contributed by atoms with E-state index in [1.54, 1.807) is 0 Å². The summed E-state index contributed by atoms with van der Waals surface area (Å²) in [6, 6.07) is 0. The Morgan fingerprint density at radius 1 is 1.10 bits per heavy atom. The Labute approximate surface area is 180 Å². The summed E-state index contributed by atoms with van der Waals surface area (Å²) in [7, 11) is 1.45. The molecule has 0 aliphatic heterocycles. The Morgan fingerprint density at radius 2 is 1.77 bits per heavy atom. The lowest BCUT2D eigenvalue weighted by Crippen LogP contribution is -2.62. The van der Waals surface area contributed by atoms with E-state index in [0.717, 1.165) is 44.9 Å². The number of ether oxygens (including phenoxy) is 1. The molecule has 30 heavy (non-hydrogen) atoms. The molecule has 5 heteroatoms. The Kier molecular flexibility index (Phi) is 5.85. The SMILES string of the molecule is COC(=O)CC[C@@H](C)[C@H]1CC[C@H]2[C@@H]3[C@H](O)C(=O)C4C[C@H](O)CC[C@]4(C)[C@H]3CC[C@]12C. The van der Waals surface area contributed by atoms with Gasteiger partial charge < -0.3 is 14.9 Å². The molecule has 4 aliphatic carbocycles. The summed E-state index contributed by atoms with van der Waals surface area (Å²) in [4.78, 5) is 24.9. The zero-order valence-corrected chi connectivity index (χ0v) is 19.1. The van der Waals surface area contributed by atoms with Gasteiger partial charge in [0.1, 0.15) is 6.10 Å². The Bertz CT molecular complexity index is 691. The van der Waals surface area contributed by atoms with Gasteiger partial charge in [-0.15, -0.1) is 0 Å². The van der Waals surface area contributed by atoms with Crippen LogP contribution in [0.1, 0.15) is 78.6 Å². The molecular formula is C25H40O5. The smallest absolute Gasteiger partial charge is 0.305 e. The highest BCUT2D eigenvalue weighted by atomic mass is 16.5. The highest BCUT2D eigenvalue weighted by Gasteiger charge is 2.65. The van der Waals surface area contributed by atoms with Gasteiger partial charge >= 0.3 is 5.97 Å². The van der Waals surface area contributed by atoms with Crippen molar-refractivity contribution in [3.05, 3.63) is 0 Å². The van der Waals surface area contributed by atoms with Crippen molar-refractivity contribution < 1.29 is 24.5 Å². The number of esters is 1. The summed E-state index contributed by atoms with van der Waals surface area (Å²) in [6.07, 6.45) is 6.58. The fraction of sp³-hybridized carbons (Fsp3) is 0.920. The molecular weight excluding hydrogens is 380 g/mol. The van der Waals surface area contributed by atoms with Crippen molar-refractivity contribution in [2.75, 3.05) is 7.11 Å². The first kappa shape index (κ1) is 22.3. The number of methoxy groups -OCH3 is 1. The van der Waals surface area contributed by atoms with Crippen molar-refractivity contribution in [3.63, 3.8) is 0 Å². The van der Waals surface area contributed by atoms with Crippen LogP contribution in [-0.2, 0) is 14.3 Å². The van der Waals surface area contributed by atoms with E-state index in [4.69, 9.17) is 4.74 Å². The quantitative estimate of drug-likeness (QED) is 0.677. The van der Waals surface area contributed by atoms with Crippen molar-refractivity contribution in [3.8, 4) is 0 Å². The van der Waals surface area contributed by atoms with Crippen LogP contribution in [0.25, 0.3) is 0 Å². The Balaban J connectivity index is 1.57. The van der Waals surface area contributed by atoms with Crippen LogP contribution in [0.2, 0.25) is 0 Å². The molecule has 0 amide bonds. The van der Waals surface area contributed by atoms with Crippen LogP contribution >= 0.6 is 0 Å². The topological polar surface area (TPSA) is 83.8 Å². The summed E-state index contributed by atoms with van der Waals surface area (Å²) < 4.78 is 4.83. The van der Waals surface area contributed by atoms with E-state index < -0.39 is 12.2 Å². The van der Waals surface area contributed by atoms with Crippen LogP contribution in [0.15, 0.2) is 0 Å². The van der Waals surface area contributed by atoms with Crippen LogP contribution in [0, 0.1) is 46.3 Å². The number of hydrogen-bond donors (Lipinski definition) is 2. The van der Waals surface area contributed by atoms with E-state index in [1.807, 2.05) is 0 Å². The standard InChI is InChI=1S/C25H40O5/c1-14(5-8-20(27)30-4)16-6-7-17-21-18(10-12-24(16,17)2)25(3)11-9-15(26)13-19(25)22(28)23(21)29/h14-19,21,23,26,29H,5-13H2,1-4H3/t14-,15-,16-,17+,18+,19?,21+,23+,24-,25-/m1/s1. The lowest BCUT2D eigenvalue weighted by atomic mass is 9.43. The summed E-state index contributed by atoms with van der Waals surface area (Å²) in [6.45, 7) is 6.91. The predicted molar refractivity (Wildman–Crippen MR) is 113 cm³/mol. The molecule has 0 spiro atoms. The number of ketones is 1. The number of carbonyl (C=O) groups excluding carboxylic acids is 2. The zero-order valence-electron chi connectivity index (χ0n) is 19.1. The highest BCUT2D eigenvalue weighted by molar-refractivity contribution is 5.87. The zero-order chi connectivity index (χ0) is 21.8. The van der Waals surface area contributed by atoms with Crippen molar-refractivity contribution in [2.24, 2.45) is 46.3 Å². The molecule has 2 N–H and O–H groups in total. The van der Waals surface area contributed by atoms with Crippen molar-refractivity contribution in [1.82, 2.24) is 0 Å². The van der Waals surface area contributed by atoms with Gasteiger partial charge in [-0.05, 0) is 91.8 Å². The molecule has 0 aromatic heterocycles. The number of Topliss-reactive ketones (excluding diaryl/α,β-unsaturated/α-hetero) is 1. The molecule has 10 atom stereocenters. The lowest BCUT2D eigenvalue weighted by Gasteiger charge is -2.61. The van der Waals surface area contributed by atoms with E-state index >= 15 is 0 Å². The number of fused-ring (bicyclic) bond motifs is 5. The van der Waals surface area contributed by atoms with Gasteiger partial charge in [-0.25, -0.2) is 0 Å². The largest absolute Gasteiger partial charge is 0.469 e. The van der Waals surface area contributed by atoms with Gasteiger partial charge in [-0.3, -0.25) is 9.59 Å². The average molecular weight is 421 g/mol. The number of aliphatic hydroxyl groups excluding tert-OH is 2. The predicted octanol–water partition coefficient (Wildman–Crippen LogP) is 3.75. The number of carbonyl (C=O) groups is 2. The van der Waals surface area contributed by atoms with Crippen molar-refractivity contribution >= 4 is 11.8 Å². The molecule has 0 saturated heterocycles. The van der Waals surface area contributed by atoms with Crippen LogP contribution in [0.5, 0.6) is 0 Å². The maximum Gasteiger partial charge on any atom is 0.305 e. The monoisotopic (exact) mass is 420 g/mol. The van der Waals surface area contributed by atoms with E-state index in [9.17, 15) is 19.8 Å². The minimum Gasteiger partial charge on any atom is -0.469 e. The molecule has 0 aromatic carbocycles. The molecule has 0 aromatic rings. The third-order valence-electron chi connectivity index (χ3n) is 10.3. The fourth-order valence-corrected chi connectivity index (χ4v) is 8.62. The second-order valence-corrected chi connectivity index (χ2v) is 11.4. The normalized spacial score (nSPS) is 49.0. The summed E-state index contributed by atoms with van der Waals surface area (Å²) in [5.41, 5.74) is 0.0332. The lowest BCUT2D eigenvalue weighted by molar-refractivity contribution is -0.184. The maximum atomic E-state index is 13.3. The minimum atomic E-state index is -0.882. The van der Waals surface area contributed by atoms with Crippen molar-refractivity contribution in [1.29, 1.82) is 0 Å². The molecule has 5 nitrogen and oxygen atoms in total. The summed E-state index contributed by atoms with van der Waals surface area (Å²) in [5, 5.41) is 21.4. The van der Waals surface area contributed by atoms with Crippen LogP contribution in [-0.4, -0.2) is 41.3 Å². The van der Waals surface area contributed by atoms with Gasteiger partial charge in [-0.1, -0.05) is 20.8 Å². The molecule has 170 valence electrons. The van der Waals surface area contributed by atoms with Gasteiger partial charge in [0.15, 0.2) is 5.78 Å². The first-order valence-corrected chi connectivity index (χ1v) is 12.1. The number of aliphatic hydroxyl groups is 2. The molecule has 0 bridgehead atoms. The van der Waals surface area contributed by atoms with Crippen LogP contribution in [0.4, 0.5) is 0 Å². The second kappa shape index (κ2) is 7.88. The van der Waals surface area contributed by atoms with Gasteiger partial charge in [0.2, 0.25) is 0 Å². The third-order valence-corrected chi connectivity index (χ3v) is 10.3. The second-order valence-electron chi connectivity index (χ2n) is 11.4. The highest BCUT2D eigenvalue weighted by Crippen LogP contribution is 2.67. The number of rotatable bonds is 4. The molecule has 4 fully saturated rings. The van der Waals surface area contributed by atoms with Crippen molar-refractivity contribution in [2.45, 2.75) is 90.8 Å². The molecule has 4 aliphatic rings. The molecule has 4 saturated carbocycles. The van der Waals surface area contributed by atoms with E-state index in [2.05, 4.69) is 20.8 Å². The van der Waals surface area contributed by atoms with Gasteiger partial charge in [-0.2, -0.15) is 0 Å². The first-order valence-electron chi connectivity index (χ1n) is 12.1. The summed E-state index contributed by atoms with van der Waals surface area (Å²) >= 11 is 0. The third kappa shape index (κ3) is 3.26. The molecule has 0 radical (unpaired) electrons. The van der Waals surface area contributed by atoms with Crippen LogP contribution in [0.3, 0.4) is 0 Å². The molecule has 0 heterocycles. The molecule has 1 unspecified atom stereocenters. The van der Waals surface area contributed by atoms with Crippen LogP contribution < -0.4 is 0 Å². The van der Waals surface area contributed by atoms with E-state index in [-0.39, 0.29) is 34.4 Å². The Hall–Kier alpha value is -0.940. The summed E-state index contributed by atoms with van der Waals surface area (Å²) in [5.74, 6) is 1.38. The molecule has 4 rings (SSSR count). The minimum absolute atomic E-state index is 0.0102. The number of hydrogen-bond acceptors (Lipinski definition) is 5. The van der Waals surface area contributed by atoms with E-state index in [1.165, 1.54) is 7.11 Å². The Morgan fingerprint density at radius 3 is 2.47 bits per heavy atom. The maximum absolute atomic E-state index is 13.3. The first-order chi connectivity index (χ1) is 14.1. The van der Waals surface area contributed by atoms with Gasteiger partial charge in [0.25, 0.3) is 0 Å².